The van der Waals surface area contributed by atoms with E-state index in [1.54, 1.807) is 0 Å². The van der Waals surface area contributed by atoms with Crippen LogP contribution in [0.4, 0.5) is 0 Å². The maximum absolute atomic E-state index is 10.5. The van der Waals surface area contributed by atoms with E-state index in [9.17, 15) is 5.11 Å². The van der Waals surface area contributed by atoms with Gasteiger partial charge in [-0.15, -0.1) is 0 Å². The summed E-state index contributed by atoms with van der Waals surface area (Å²) in [5.41, 5.74) is 1.04. The second-order valence-electron chi connectivity index (χ2n) is 5.55. The Hall–Kier alpha value is -1.02. The summed E-state index contributed by atoms with van der Waals surface area (Å²) in [4.78, 5) is 0. The highest BCUT2D eigenvalue weighted by atomic mass is 16.5. The first-order valence-electron chi connectivity index (χ1n) is 7.72. The zero-order chi connectivity index (χ0) is 13.5. The fraction of sp³-hybridized carbons (Fsp3) is 0.647. The Morgan fingerprint density at radius 3 is 2.21 bits per heavy atom. The molecule has 0 saturated heterocycles. The molecule has 2 nitrogen and oxygen atoms in total. The number of hydrogen-bond acceptors (Lipinski definition) is 2. The van der Waals surface area contributed by atoms with Crippen LogP contribution in [-0.4, -0.2) is 11.7 Å². The molecule has 0 radical (unpaired) electrons. The zero-order valence-electron chi connectivity index (χ0n) is 12.0. The van der Waals surface area contributed by atoms with Gasteiger partial charge in [-0.2, -0.15) is 0 Å². The van der Waals surface area contributed by atoms with Gasteiger partial charge in [-0.3, -0.25) is 0 Å². The van der Waals surface area contributed by atoms with Crippen molar-refractivity contribution in [3.8, 4) is 5.75 Å². The fourth-order valence-electron chi connectivity index (χ4n) is 3.00. The third-order valence-electron chi connectivity index (χ3n) is 4.13. The monoisotopic (exact) mass is 262 g/mol. The summed E-state index contributed by atoms with van der Waals surface area (Å²) in [7, 11) is 0. The lowest BCUT2D eigenvalue weighted by Gasteiger charge is -2.25. The normalized spacial score (nSPS) is 19.5. The molecule has 1 atom stereocenters. The molecule has 0 bridgehead atoms. The Labute approximate surface area is 116 Å². The van der Waals surface area contributed by atoms with Crippen molar-refractivity contribution in [2.45, 2.75) is 58.0 Å². The van der Waals surface area contributed by atoms with Crippen molar-refractivity contribution in [3.63, 3.8) is 0 Å². The third-order valence-corrected chi connectivity index (χ3v) is 4.13. The Morgan fingerprint density at radius 2 is 1.63 bits per heavy atom. The summed E-state index contributed by atoms with van der Waals surface area (Å²) >= 11 is 0. The molecule has 1 saturated carbocycles. The van der Waals surface area contributed by atoms with E-state index in [2.05, 4.69) is 0 Å². The zero-order valence-corrected chi connectivity index (χ0v) is 12.0. The maximum Gasteiger partial charge on any atom is 0.119 e. The van der Waals surface area contributed by atoms with Gasteiger partial charge in [0.25, 0.3) is 0 Å². The summed E-state index contributed by atoms with van der Waals surface area (Å²) in [5.74, 6) is 1.31. The van der Waals surface area contributed by atoms with E-state index in [1.807, 2.05) is 31.2 Å². The van der Waals surface area contributed by atoms with E-state index in [-0.39, 0.29) is 6.10 Å². The molecule has 0 spiro atoms. The molecule has 1 fully saturated rings. The predicted molar refractivity (Wildman–Crippen MR) is 78.4 cm³/mol. The predicted octanol–water partition coefficient (Wildman–Crippen LogP) is 4.48. The highest BCUT2D eigenvalue weighted by molar-refractivity contribution is 5.28. The number of rotatable bonds is 4. The summed E-state index contributed by atoms with van der Waals surface area (Å²) in [5, 5.41) is 10.5. The van der Waals surface area contributed by atoms with Crippen LogP contribution in [0.5, 0.6) is 5.75 Å². The van der Waals surface area contributed by atoms with Crippen molar-refractivity contribution >= 4 is 0 Å². The molecular weight excluding hydrogens is 236 g/mol. The summed E-state index contributed by atoms with van der Waals surface area (Å²) in [6, 6.07) is 7.94. The van der Waals surface area contributed by atoms with Crippen LogP contribution in [0, 0.1) is 5.92 Å². The van der Waals surface area contributed by atoms with Gasteiger partial charge in [0.1, 0.15) is 5.75 Å². The van der Waals surface area contributed by atoms with E-state index < -0.39 is 0 Å². The van der Waals surface area contributed by atoms with Gasteiger partial charge in [0.2, 0.25) is 0 Å². The van der Waals surface area contributed by atoms with E-state index in [1.165, 1.54) is 32.1 Å². The van der Waals surface area contributed by atoms with Crippen LogP contribution >= 0.6 is 0 Å². The average Bonchev–Trinajstić information content (AvgIpc) is 2.39. The molecule has 2 rings (SSSR count). The molecule has 1 aliphatic carbocycles. The molecular formula is C17H26O2. The number of benzene rings is 1. The first kappa shape index (κ1) is 14.4. The molecule has 0 aromatic heterocycles. The third kappa shape index (κ3) is 4.24. The molecule has 1 unspecified atom stereocenters. The fourth-order valence-corrected chi connectivity index (χ4v) is 3.00. The second-order valence-corrected chi connectivity index (χ2v) is 5.55. The molecule has 1 N–H and O–H groups in total. The van der Waals surface area contributed by atoms with Crippen LogP contribution in [-0.2, 0) is 0 Å². The van der Waals surface area contributed by atoms with Crippen molar-refractivity contribution in [2.24, 2.45) is 5.92 Å². The van der Waals surface area contributed by atoms with E-state index in [0.29, 0.717) is 12.5 Å². The van der Waals surface area contributed by atoms with Gasteiger partial charge in [-0.1, -0.05) is 44.2 Å². The smallest absolute Gasteiger partial charge is 0.119 e. The van der Waals surface area contributed by atoms with Crippen LogP contribution in [0.2, 0.25) is 0 Å². The summed E-state index contributed by atoms with van der Waals surface area (Å²) in [6.07, 6.45) is 8.55. The van der Waals surface area contributed by atoms with Gasteiger partial charge in [0.15, 0.2) is 0 Å². The van der Waals surface area contributed by atoms with E-state index >= 15 is 0 Å². The average molecular weight is 262 g/mol. The Balaban J connectivity index is 1.98. The maximum atomic E-state index is 10.5. The molecule has 106 valence electrons. The molecule has 1 aromatic carbocycles. The van der Waals surface area contributed by atoms with Crippen molar-refractivity contribution < 1.29 is 9.84 Å². The first-order valence-corrected chi connectivity index (χ1v) is 7.72. The van der Waals surface area contributed by atoms with E-state index in [4.69, 9.17) is 4.74 Å². The highest BCUT2D eigenvalue weighted by Gasteiger charge is 2.21. The number of hydrogen-bond donors (Lipinski definition) is 1. The topological polar surface area (TPSA) is 29.5 Å². The SMILES string of the molecule is CCOc1ccc(C(O)C2CCCCCCC2)cc1. The minimum Gasteiger partial charge on any atom is -0.494 e. The molecule has 19 heavy (non-hydrogen) atoms. The Kier molecular flexibility index (Phi) is 5.71. The van der Waals surface area contributed by atoms with Crippen molar-refractivity contribution in [1.29, 1.82) is 0 Å². The molecule has 1 aromatic rings. The summed E-state index contributed by atoms with van der Waals surface area (Å²) in [6.45, 7) is 2.67. The van der Waals surface area contributed by atoms with Gasteiger partial charge in [0.05, 0.1) is 12.7 Å². The lowest BCUT2D eigenvalue weighted by atomic mass is 9.84. The first-order chi connectivity index (χ1) is 9.31. The molecule has 1 aliphatic rings. The second kappa shape index (κ2) is 7.54. The molecule has 0 aliphatic heterocycles. The lowest BCUT2D eigenvalue weighted by molar-refractivity contribution is 0.0912. The van der Waals surface area contributed by atoms with Gasteiger partial charge in [-0.05, 0) is 43.4 Å². The molecule has 2 heteroatoms. The minimum atomic E-state index is -0.311. The molecule has 0 heterocycles. The highest BCUT2D eigenvalue weighted by Crippen LogP contribution is 2.33. The molecule has 0 amide bonds. The number of ether oxygens (including phenoxy) is 1. The van der Waals surface area contributed by atoms with Gasteiger partial charge in [0, 0.05) is 0 Å². The minimum absolute atomic E-state index is 0.311. The summed E-state index contributed by atoms with van der Waals surface area (Å²) < 4.78 is 5.44. The van der Waals surface area contributed by atoms with Crippen LogP contribution in [0.15, 0.2) is 24.3 Å². The number of aliphatic hydroxyl groups is 1. The van der Waals surface area contributed by atoms with Gasteiger partial charge >= 0.3 is 0 Å². The quantitative estimate of drug-likeness (QED) is 0.867. The largest absolute Gasteiger partial charge is 0.494 e. The Bertz CT molecular complexity index is 350. The lowest BCUT2D eigenvalue weighted by Crippen LogP contribution is -2.14. The van der Waals surface area contributed by atoms with E-state index in [0.717, 1.165) is 24.2 Å². The number of aliphatic hydroxyl groups excluding tert-OH is 1. The van der Waals surface area contributed by atoms with Crippen molar-refractivity contribution in [2.75, 3.05) is 6.61 Å². The Morgan fingerprint density at radius 1 is 1.05 bits per heavy atom. The van der Waals surface area contributed by atoms with Crippen LogP contribution in [0.1, 0.15) is 63.5 Å². The standard InChI is InChI=1S/C17H26O2/c1-2-19-16-12-10-15(11-13-16)17(18)14-8-6-4-3-5-7-9-14/h10-14,17-18H,2-9H2,1H3. The van der Waals surface area contributed by atoms with Crippen LogP contribution in [0.25, 0.3) is 0 Å². The van der Waals surface area contributed by atoms with Crippen molar-refractivity contribution in [1.82, 2.24) is 0 Å². The van der Waals surface area contributed by atoms with Gasteiger partial charge in [-0.25, -0.2) is 0 Å². The van der Waals surface area contributed by atoms with Crippen molar-refractivity contribution in [3.05, 3.63) is 29.8 Å². The van der Waals surface area contributed by atoms with Gasteiger partial charge < -0.3 is 9.84 Å². The van der Waals surface area contributed by atoms with Crippen LogP contribution < -0.4 is 4.74 Å². The van der Waals surface area contributed by atoms with Crippen LogP contribution in [0.3, 0.4) is 0 Å².